The van der Waals surface area contributed by atoms with Crippen molar-refractivity contribution in [3.8, 4) is 0 Å². The maximum Gasteiger partial charge on any atom is 0.202 e. The molecule has 0 fully saturated rings. The summed E-state index contributed by atoms with van der Waals surface area (Å²) in [5, 5.41) is 2.14. The van der Waals surface area contributed by atoms with E-state index in [4.69, 9.17) is 17.6 Å². The number of hydrogen-bond acceptors (Lipinski definition) is 3. The zero-order chi connectivity index (χ0) is 20.3. The van der Waals surface area contributed by atoms with E-state index in [0.717, 1.165) is 44.6 Å². The van der Waals surface area contributed by atoms with E-state index in [9.17, 15) is 0 Å². The zero-order valence-corrected chi connectivity index (χ0v) is 16.4. The van der Waals surface area contributed by atoms with Gasteiger partial charge in [-0.1, -0.05) is 30.3 Å². The van der Waals surface area contributed by atoms with Gasteiger partial charge in [0.05, 0.1) is 24.5 Å². The van der Waals surface area contributed by atoms with Gasteiger partial charge in [-0.25, -0.2) is 9.69 Å². The van der Waals surface area contributed by atoms with Crippen molar-refractivity contribution < 1.29 is 4.42 Å². The highest BCUT2D eigenvalue weighted by atomic mass is 16.3. The summed E-state index contributed by atoms with van der Waals surface area (Å²) < 4.78 is 6.31. The predicted octanol–water partition coefficient (Wildman–Crippen LogP) is 6.93. The molecule has 5 heteroatoms. The standard InChI is InChI=1S/C24H18N4O/c1-14-10-11-18-17-8-6-7-9-21(17)29-24(18)22(14)28-15(2)27(5)20-13-16(25-3)12-19(26-4)23(20)28/h6-13,15H,1-2,5H3/t15-/m0/s1. The number of nitrogens with zero attached hydrogens (tertiary/aromatic N) is 4. The molecular formula is C24H18N4O. The second-order valence-corrected chi connectivity index (χ2v) is 7.37. The van der Waals surface area contributed by atoms with Crippen molar-refractivity contribution in [2.24, 2.45) is 0 Å². The third-order valence-electron chi connectivity index (χ3n) is 5.82. The fourth-order valence-corrected chi connectivity index (χ4v) is 4.29. The van der Waals surface area contributed by atoms with E-state index in [1.54, 1.807) is 6.07 Å². The molecule has 0 amide bonds. The Balaban J connectivity index is 1.87. The highest BCUT2D eigenvalue weighted by molar-refractivity contribution is 6.11. The minimum Gasteiger partial charge on any atom is -0.454 e. The third kappa shape index (κ3) is 2.25. The Kier molecular flexibility index (Phi) is 3.56. The van der Waals surface area contributed by atoms with E-state index in [0.29, 0.717) is 11.4 Å². The van der Waals surface area contributed by atoms with Gasteiger partial charge in [0, 0.05) is 23.5 Å². The van der Waals surface area contributed by atoms with Crippen LogP contribution in [0.15, 0.2) is 52.9 Å². The minimum absolute atomic E-state index is 0.0241. The van der Waals surface area contributed by atoms with Gasteiger partial charge in [0.2, 0.25) is 5.69 Å². The van der Waals surface area contributed by atoms with Crippen LogP contribution in [-0.2, 0) is 0 Å². The molecule has 0 bridgehead atoms. The lowest BCUT2D eigenvalue weighted by atomic mass is 10.1. The van der Waals surface area contributed by atoms with Crippen LogP contribution in [0, 0.1) is 20.1 Å². The summed E-state index contributed by atoms with van der Waals surface area (Å²) in [5.41, 5.74) is 6.41. The molecule has 0 aliphatic carbocycles. The molecule has 4 aromatic rings. The van der Waals surface area contributed by atoms with Gasteiger partial charge in [0.25, 0.3) is 0 Å². The maximum absolute atomic E-state index is 7.73. The van der Waals surface area contributed by atoms with Gasteiger partial charge >= 0.3 is 0 Å². The van der Waals surface area contributed by atoms with Crippen LogP contribution in [0.4, 0.5) is 28.4 Å². The average Bonchev–Trinajstić information content (AvgIpc) is 3.23. The number of fused-ring (bicyclic) bond motifs is 4. The van der Waals surface area contributed by atoms with Crippen molar-refractivity contribution >= 4 is 50.4 Å². The quantitative estimate of drug-likeness (QED) is 0.336. The summed E-state index contributed by atoms with van der Waals surface area (Å²) >= 11 is 0. The lowest BCUT2D eigenvalue weighted by molar-refractivity contribution is 0.661. The molecule has 1 aromatic heterocycles. The predicted molar refractivity (Wildman–Crippen MR) is 117 cm³/mol. The smallest absolute Gasteiger partial charge is 0.202 e. The van der Waals surface area contributed by atoms with Gasteiger partial charge in [-0.05, 0) is 37.6 Å². The summed E-state index contributed by atoms with van der Waals surface area (Å²) in [6, 6.07) is 15.8. The van der Waals surface area contributed by atoms with Crippen molar-refractivity contribution in [3.05, 3.63) is 76.9 Å². The molecule has 140 valence electrons. The number of rotatable bonds is 1. The number of anilines is 3. The van der Waals surface area contributed by atoms with Crippen LogP contribution in [0.1, 0.15) is 12.5 Å². The van der Waals surface area contributed by atoms with Gasteiger partial charge in [0.1, 0.15) is 11.7 Å². The summed E-state index contributed by atoms with van der Waals surface area (Å²) in [5.74, 6) is 0. The second kappa shape index (κ2) is 6.02. The Morgan fingerprint density at radius 2 is 1.76 bits per heavy atom. The summed E-state index contributed by atoms with van der Waals surface area (Å²) in [7, 11) is 2.00. The molecular weight excluding hydrogens is 360 g/mol. The topological polar surface area (TPSA) is 28.3 Å². The van der Waals surface area contributed by atoms with Gasteiger partial charge in [0.15, 0.2) is 11.3 Å². The van der Waals surface area contributed by atoms with Gasteiger partial charge < -0.3 is 14.2 Å². The van der Waals surface area contributed by atoms with Crippen LogP contribution < -0.4 is 9.80 Å². The molecule has 1 atom stereocenters. The molecule has 5 nitrogen and oxygen atoms in total. The first-order chi connectivity index (χ1) is 14.0. The van der Waals surface area contributed by atoms with Crippen LogP contribution in [0.2, 0.25) is 0 Å². The Hall–Kier alpha value is -3.96. The molecule has 3 aromatic carbocycles. The van der Waals surface area contributed by atoms with Crippen molar-refractivity contribution in [2.45, 2.75) is 20.0 Å². The Labute approximate surface area is 169 Å². The van der Waals surface area contributed by atoms with Crippen LogP contribution in [0.25, 0.3) is 31.6 Å². The molecule has 1 aliphatic rings. The highest BCUT2D eigenvalue weighted by Gasteiger charge is 2.36. The van der Waals surface area contributed by atoms with Crippen molar-refractivity contribution in [2.75, 3.05) is 16.8 Å². The van der Waals surface area contributed by atoms with E-state index in [1.807, 2.05) is 31.3 Å². The molecule has 1 aliphatic heterocycles. The van der Waals surface area contributed by atoms with E-state index in [1.165, 1.54) is 0 Å². The first-order valence-electron chi connectivity index (χ1n) is 9.41. The Morgan fingerprint density at radius 3 is 2.52 bits per heavy atom. The minimum atomic E-state index is -0.0241. The fraction of sp³-hybridized carbons (Fsp3) is 0.167. The molecule has 0 saturated carbocycles. The highest BCUT2D eigenvalue weighted by Crippen LogP contribution is 2.53. The lowest BCUT2D eigenvalue weighted by Crippen LogP contribution is -2.36. The first kappa shape index (κ1) is 17.2. The van der Waals surface area contributed by atoms with Gasteiger partial charge in [-0.15, -0.1) is 0 Å². The first-order valence-corrected chi connectivity index (χ1v) is 9.41. The third-order valence-corrected chi connectivity index (χ3v) is 5.82. The maximum atomic E-state index is 7.73. The van der Waals surface area contributed by atoms with E-state index >= 15 is 0 Å². The Morgan fingerprint density at radius 1 is 0.966 bits per heavy atom. The number of benzene rings is 3. The van der Waals surface area contributed by atoms with Crippen molar-refractivity contribution in [3.63, 3.8) is 0 Å². The normalized spacial score (nSPS) is 15.6. The van der Waals surface area contributed by atoms with Crippen molar-refractivity contribution in [1.29, 1.82) is 0 Å². The van der Waals surface area contributed by atoms with E-state index < -0.39 is 0 Å². The van der Waals surface area contributed by atoms with Gasteiger partial charge in [-0.3, -0.25) is 0 Å². The number of para-hydroxylation sites is 1. The monoisotopic (exact) mass is 378 g/mol. The second-order valence-electron chi connectivity index (χ2n) is 7.37. The molecule has 0 N–H and O–H groups in total. The summed E-state index contributed by atoms with van der Waals surface area (Å²) in [4.78, 5) is 11.6. The van der Waals surface area contributed by atoms with E-state index in [2.05, 4.69) is 51.5 Å². The SMILES string of the molecule is [C-]#[N+]c1cc([N+]#[C-])c2c(c1)N(C)[C@H](C)N2c1c(C)ccc2c1oc1ccccc12. The molecule has 29 heavy (non-hydrogen) atoms. The molecule has 0 saturated heterocycles. The molecule has 2 heterocycles. The summed E-state index contributed by atoms with van der Waals surface area (Å²) in [6.07, 6.45) is -0.0241. The van der Waals surface area contributed by atoms with Crippen LogP contribution in [-0.4, -0.2) is 13.2 Å². The molecule has 5 rings (SSSR count). The summed E-state index contributed by atoms with van der Waals surface area (Å²) in [6.45, 7) is 19.3. The molecule has 0 unspecified atom stereocenters. The molecule has 0 radical (unpaired) electrons. The number of aryl methyl sites for hydroxylation is 1. The van der Waals surface area contributed by atoms with Crippen LogP contribution >= 0.6 is 0 Å². The fourth-order valence-electron chi connectivity index (χ4n) is 4.29. The van der Waals surface area contributed by atoms with Crippen molar-refractivity contribution in [1.82, 2.24) is 0 Å². The molecule has 0 spiro atoms. The zero-order valence-electron chi connectivity index (χ0n) is 16.4. The Bertz CT molecular complexity index is 1390. The van der Waals surface area contributed by atoms with Crippen LogP contribution in [0.3, 0.4) is 0 Å². The van der Waals surface area contributed by atoms with Gasteiger partial charge in [-0.2, -0.15) is 0 Å². The largest absolute Gasteiger partial charge is 0.454 e. The van der Waals surface area contributed by atoms with Crippen LogP contribution in [0.5, 0.6) is 0 Å². The average molecular weight is 378 g/mol. The number of hydrogen-bond donors (Lipinski definition) is 0. The number of furan rings is 1. The lowest BCUT2D eigenvalue weighted by Gasteiger charge is -2.29. The van der Waals surface area contributed by atoms with E-state index in [-0.39, 0.29) is 6.17 Å².